The van der Waals surface area contributed by atoms with Gasteiger partial charge in [-0.3, -0.25) is 4.90 Å². The molecule has 0 aromatic carbocycles. The van der Waals surface area contributed by atoms with Crippen molar-refractivity contribution >= 4 is 0 Å². The number of nitrogens with zero attached hydrogens (tertiary/aromatic N) is 1. The molecule has 1 N–H and O–H groups in total. The molecule has 2 heteroatoms. The Morgan fingerprint density at radius 2 is 2.00 bits per heavy atom. The number of likely N-dealkylation sites (N-methyl/N-ethyl adjacent to an activating group) is 1. The van der Waals surface area contributed by atoms with E-state index in [9.17, 15) is 0 Å². The van der Waals surface area contributed by atoms with E-state index in [0.29, 0.717) is 6.04 Å². The molecule has 90 valence electrons. The van der Waals surface area contributed by atoms with Gasteiger partial charge in [-0.25, -0.2) is 0 Å². The highest BCUT2D eigenvalue weighted by atomic mass is 15.2. The first-order chi connectivity index (χ1) is 7.15. The van der Waals surface area contributed by atoms with Crippen LogP contribution in [0.4, 0.5) is 0 Å². The average molecular weight is 212 g/mol. The molecule has 0 saturated carbocycles. The zero-order valence-corrected chi connectivity index (χ0v) is 10.9. The third-order valence-electron chi connectivity index (χ3n) is 3.00. The van der Waals surface area contributed by atoms with E-state index >= 15 is 0 Å². The van der Waals surface area contributed by atoms with Crippen LogP contribution in [0.25, 0.3) is 0 Å². The molecule has 0 amide bonds. The molecular weight excluding hydrogens is 184 g/mol. The highest BCUT2D eigenvalue weighted by Gasteiger charge is 2.13. The molecule has 0 fully saturated rings. The molecule has 0 spiro atoms. The van der Waals surface area contributed by atoms with Gasteiger partial charge in [0.05, 0.1) is 0 Å². The van der Waals surface area contributed by atoms with Crippen LogP contribution in [-0.2, 0) is 0 Å². The van der Waals surface area contributed by atoms with Gasteiger partial charge in [-0.1, -0.05) is 33.3 Å². The van der Waals surface area contributed by atoms with Crippen molar-refractivity contribution < 1.29 is 0 Å². The van der Waals surface area contributed by atoms with Crippen molar-refractivity contribution in [2.75, 3.05) is 26.2 Å². The summed E-state index contributed by atoms with van der Waals surface area (Å²) in [6.45, 7) is 17.1. The molecule has 2 nitrogen and oxygen atoms in total. The Morgan fingerprint density at radius 3 is 2.47 bits per heavy atom. The van der Waals surface area contributed by atoms with Crippen LogP contribution in [0.2, 0.25) is 0 Å². The fourth-order valence-corrected chi connectivity index (χ4v) is 1.67. The van der Waals surface area contributed by atoms with Gasteiger partial charge in [0, 0.05) is 25.7 Å². The van der Waals surface area contributed by atoms with Gasteiger partial charge >= 0.3 is 0 Å². The molecule has 0 aliphatic heterocycles. The molecule has 0 saturated heterocycles. The summed E-state index contributed by atoms with van der Waals surface area (Å²) in [5.74, 6) is 0.798. The largest absolute Gasteiger partial charge is 0.312 e. The first-order valence-corrected chi connectivity index (χ1v) is 6.21. The number of rotatable bonds is 9. The molecule has 0 aliphatic rings. The normalized spacial score (nSPS) is 15.3. The van der Waals surface area contributed by atoms with E-state index in [2.05, 4.69) is 44.5 Å². The second-order valence-corrected chi connectivity index (χ2v) is 4.40. The van der Waals surface area contributed by atoms with Crippen molar-refractivity contribution in [1.29, 1.82) is 0 Å². The number of hydrogen-bond acceptors (Lipinski definition) is 2. The number of hydrogen-bond donors (Lipinski definition) is 1. The SMILES string of the molecule is C=CCNCC(C)N(CC)CC(C)CC. The maximum Gasteiger partial charge on any atom is 0.0192 e. The van der Waals surface area contributed by atoms with E-state index < -0.39 is 0 Å². The molecule has 0 aromatic rings. The van der Waals surface area contributed by atoms with E-state index in [4.69, 9.17) is 0 Å². The standard InChI is InChI=1S/C13H28N2/c1-6-9-14-10-13(5)15(8-3)11-12(4)7-2/h6,12-14H,1,7-11H2,2-5H3. The topological polar surface area (TPSA) is 15.3 Å². The van der Waals surface area contributed by atoms with Crippen molar-refractivity contribution in [2.45, 2.75) is 40.2 Å². The minimum absolute atomic E-state index is 0.615. The summed E-state index contributed by atoms with van der Waals surface area (Å²) in [5, 5.41) is 3.38. The van der Waals surface area contributed by atoms with Gasteiger partial charge in [-0.15, -0.1) is 6.58 Å². The maximum absolute atomic E-state index is 3.71. The van der Waals surface area contributed by atoms with Crippen LogP contribution < -0.4 is 5.32 Å². The van der Waals surface area contributed by atoms with Crippen LogP contribution in [0.3, 0.4) is 0 Å². The van der Waals surface area contributed by atoms with Gasteiger partial charge in [0.2, 0.25) is 0 Å². The molecule has 15 heavy (non-hydrogen) atoms. The van der Waals surface area contributed by atoms with Crippen molar-refractivity contribution in [3.8, 4) is 0 Å². The predicted octanol–water partition coefficient (Wildman–Crippen LogP) is 2.52. The lowest BCUT2D eigenvalue weighted by Gasteiger charge is -2.30. The highest BCUT2D eigenvalue weighted by molar-refractivity contribution is 4.74. The minimum Gasteiger partial charge on any atom is -0.312 e. The Hall–Kier alpha value is -0.340. The predicted molar refractivity (Wildman–Crippen MR) is 69.2 cm³/mol. The Bertz CT molecular complexity index is 157. The maximum atomic E-state index is 3.71. The monoisotopic (exact) mass is 212 g/mol. The van der Waals surface area contributed by atoms with E-state index in [0.717, 1.165) is 25.6 Å². The van der Waals surface area contributed by atoms with E-state index in [1.165, 1.54) is 13.0 Å². The molecular formula is C13H28N2. The van der Waals surface area contributed by atoms with Crippen molar-refractivity contribution in [3.63, 3.8) is 0 Å². The Labute approximate surface area is 95.7 Å². The van der Waals surface area contributed by atoms with Gasteiger partial charge in [0.1, 0.15) is 0 Å². The summed E-state index contributed by atoms with van der Waals surface area (Å²) < 4.78 is 0. The van der Waals surface area contributed by atoms with Crippen molar-refractivity contribution in [1.82, 2.24) is 10.2 Å². The summed E-state index contributed by atoms with van der Waals surface area (Å²) in [6, 6.07) is 0.615. The molecule has 2 unspecified atom stereocenters. The molecule has 0 aromatic heterocycles. The van der Waals surface area contributed by atoms with Gasteiger partial charge in [0.15, 0.2) is 0 Å². The van der Waals surface area contributed by atoms with Crippen LogP contribution in [-0.4, -0.2) is 37.1 Å². The summed E-state index contributed by atoms with van der Waals surface area (Å²) in [6.07, 6.45) is 3.18. The zero-order chi connectivity index (χ0) is 11.7. The first-order valence-electron chi connectivity index (χ1n) is 6.21. The minimum atomic E-state index is 0.615. The first kappa shape index (κ1) is 14.7. The highest BCUT2D eigenvalue weighted by Crippen LogP contribution is 2.07. The summed E-state index contributed by atoms with van der Waals surface area (Å²) >= 11 is 0. The number of nitrogens with one attached hydrogen (secondary N) is 1. The van der Waals surface area contributed by atoms with Gasteiger partial charge in [0.25, 0.3) is 0 Å². The van der Waals surface area contributed by atoms with Gasteiger partial charge in [-0.2, -0.15) is 0 Å². The molecule has 0 heterocycles. The molecule has 0 bridgehead atoms. The lowest BCUT2D eigenvalue weighted by atomic mass is 10.1. The quantitative estimate of drug-likeness (QED) is 0.467. The summed E-state index contributed by atoms with van der Waals surface area (Å²) in [7, 11) is 0. The van der Waals surface area contributed by atoms with Crippen LogP contribution in [0, 0.1) is 5.92 Å². The van der Waals surface area contributed by atoms with Crippen LogP contribution in [0.1, 0.15) is 34.1 Å². The summed E-state index contributed by atoms with van der Waals surface area (Å²) in [5.41, 5.74) is 0. The van der Waals surface area contributed by atoms with E-state index in [1.54, 1.807) is 0 Å². The second-order valence-electron chi connectivity index (χ2n) is 4.40. The third kappa shape index (κ3) is 6.69. The Balaban J connectivity index is 3.86. The van der Waals surface area contributed by atoms with Crippen molar-refractivity contribution in [3.05, 3.63) is 12.7 Å². The zero-order valence-electron chi connectivity index (χ0n) is 10.9. The fourth-order valence-electron chi connectivity index (χ4n) is 1.67. The smallest absolute Gasteiger partial charge is 0.0192 e. The van der Waals surface area contributed by atoms with Crippen molar-refractivity contribution in [2.24, 2.45) is 5.92 Å². The Kier molecular flexibility index (Phi) is 8.73. The molecule has 0 radical (unpaired) electrons. The van der Waals surface area contributed by atoms with Crippen LogP contribution >= 0.6 is 0 Å². The lowest BCUT2D eigenvalue weighted by molar-refractivity contribution is 0.186. The fraction of sp³-hybridized carbons (Fsp3) is 0.846. The van der Waals surface area contributed by atoms with E-state index in [1.807, 2.05) is 6.08 Å². The Morgan fingerprint density at radius 1 is 1.33 bits per heavy atom. The van der Waals surface area contributed by atoms with Gasteiger partial charge < -0.3 is 5.32 Å². The average Bonchev–Trinajstić information content (AvgIpc) is 2.25. The molecule has 0 aliphatic carbocycles. The van der Waals surface area contributed by atoms with E-state index in [-0.39, 0.29) is 0 Å². The van der Waals surface area contributed by atoms with Crippen LogP contribution in [0.5, 0.6) is 0 Å². The molecule has 0 rings (SSSR count). The second kappa shape index (κ2) is 8.93. The third-order valence-corrected chi connectivity index (χ3v) is 3.00. The summed E-state index contributed by atoms with van der Waals surface area (Å²) in [4.78, 5) is 2.55. The van der Waals surface area contributed by atoms with Crippen LogP contribution in [0.15, 0.2) is 12.7 Å². The molecule has 2 atom stereocenters. The lowest BCUT2D eigenvalue weighted by Crippen LogP contribution is -2.42. The van der Waals surface area contributed by atoms with Gasteiger partial charge in [-0.05, 0) is 19.4 Å².